The van der Waals surface area contributed by atoms with E-state index < -0.39 is 10.0 Å². The first-order valence-electron chi connectivity index (χ1n) is 5.77. The highest BCUT2D eigenvalue weighted by Gasteiger charge is 2.11. The Bertz CT molecular complexity index is 625. The molecule has 2 aromatic rings. The zero-order chi connectivity index (χ0) is 13.7. The molecule has 1 aromatic heterocycles. The number of rotatable bonds is 5. The van der Waals surface area contributed by atoms with E-state index in [0.717, 1.165) is 5.56 Å². The number of hydrogen-bond donors (Lipinski definition) is 2. The Hall–Kier alpha value is -1.92. The van der Waals surface area contributed by atoms with Crippen LogP contribution in [0.5, 0.6) is 0 Å². The van der Waals surface area contributed by atoms with Gasteiger partial charge in [0.1, 0.15) is 0 Å². The van der Waals surface area contributed by atoms with Gasteiger partial charge in [0.15, 0.2) is 0 Å². The van der Waals surface area contributed by atoms with E-state index in [1.807, 2.05) is 12.1 Å². The Morgan fingerprint density at radius 3 is 2.37 bits per heavy atom. The molecule has 19 heavy (non-hydrogen) atoms. The van der Waals surface area contributed by atoms with Crippen molar-refractivity contribution in [2.45, 2.75) is 12.3 Å². The summed E-state index contributed by atoms with van der Waals surface area (Å²) in [7, 11) is -3.43. The third-order valence-corrected chi connectivity index (χ3v) is 3.81. The Balaban J connectivity index is 2.08. The molecule has 0 unspecified atom stereocenters. The van der Waals surface area contributed by atoms with Gasteiger partial charge in [0, 0.05) is 12.7 Å². The largest absolute Gasteiger partial charge is 0.326 e. The van der Waals surface area contributed by atoms with Gasteiger partial charge >= 0.3 is 0 Å². The molecule has 1 aromatic carbocycles. The van der Waals surface area contributed by atoms with E-state index in [9.17, 15) is 8.42 Å². The molecule has 0 amide bonds. The van der Waals surface area contributed by atoms with Crippen molar-refractivity contribution >= 4 is 15.7 Å². The van der Waals surface area contributed by atoms with E-state index in [2.05, 4.69) is 9.71 Å². The van der Waals surface area contributed by atoms with Gasteiger partial charge < -0.3 is 5.73 Å². The van der Waals surface area contributed by atoms with Crippen molar-refractivity contribution in [3.05, 3.63) is 59.9 Å². The highest BCUT2D eigenvalue weighted by atomic mass is 32.2. The van der Waals surface area contributed by atoms with Gasteiger partial charge in [-0.15, -0.1) is 0 Å². The molecule has 6 heteroatoms. The Kier molecular flexibility index (Phi) is 4.13. The molecule has 0 saturated carbocycles. The van der Waals surface area contributed by atoms with Crippen LogP contribution in [-0.4, -0.2) is 13.4 Å². The number of nitrogens with two attached hydrogens (primary N) is 1. The highest BCUT2D eigenvalue weighted by molar-refractivity contribution is 7.91. The van der Waals surface area contributed by atoms with E-state index in [1.54, 1.807) is 30.5 Å². The maximum atomic E-state index is 12.0. The lowest BCUT2D eigenvalue weighted by molar-refractivity contribution is 0.600. The summed E-state index contributed by atoms with van der Waals surface area (Å²) in [5.41, 5.74) is 7.64. The number of anilines is 1. The minimum Gasteiger partial charge on any atom is -0.326 e. The molecule has 100 valence electrons. The zero-order valence-electron chi connectivity index (χ0n) is 10.3. The molecule has 0 atom stereocenters. The number of benzene rings is 1. The molecular weight excluding hydrogens is 262 g/mol. The molecule has 0 fully saturated rings. The van der Waals surface area contributed by atoms with E-state index in [0.29, 0.717) is 17.8 Å². The number of pyridine rings is 1. The standard InChI is InChI=1S/C13H15N3O2S/c14-8-11-3-5-12(6-4-11)10-19(17,18)16-13-2-1-7-15-9-13/h1-7,9,16H,8,10,14H2. The van der Waals surface area contributed by atoms with Crippen molar-refractivity contribution in [1.29, 1.82) is 0 Å². The summed E-state index contributed by atoms with van der Waals surface area (Å²) in [6, 6.07) is 10.5. The van der Waals surface area contributed by atoms with Crippen molar-refractivity contribution < 1.29 is 8.42 Å². The van der Waals surface area contributed by atoms with E-state index >= 15 is 0 Å². The van der Waals surface area contributed by atoms with Crippen molar-refractivity contribution in [2.75, 3.05) is 4.72 Å². The Labute approximate surface area is 112 Å². The number of sulfonamides is 1. The average Bonchev–Trinajstić information content (AvgIpc) is 2.39. The highest BCUT2D eigenvalue weighted by Crippen LogP contribution is 2.12. The van der Waals surface area contributed by atoms with Crippen LogP contribution in [0.2, 0.25) is 0 Å². The molecule has 0 saturated heterocycles. The molecule has 0 aliphatic heterocycles. The summed E-state index contributed by atoms with van der Waals surface area (Å²) in [5, 5.41) is 0. The quantitative estimate of drug-likeness (QED) is 0.867. The number of aromatic nitrogens is 1. The smallest absolute Gasteiger partial charge is 0.236 e. The molecule has 0 aliphatic carbocycles. The van der Waals surface area contributed by atoms with Crippen LogP contribution >= 0.6 is 0 Å². The molecule has 0 spiro atoms. The number of nitrogens with one attached hydrogen (secondary N) is 1. The second-order valence-corrected chi connectivity index (χ2v) is 5.85. The maximum Gasteiger partial charge on any atom is 0.236 e. The van der Waals surface area contributed by atoms with Crippen LogP contribution in [0.25, 0.3) is 0 Å². The molecule has 3 N–H and O–H groups in total. The van der Waals surface area contributed by atoms with Gasteiger partial charge in [0.25, 0.3) is 0 Å². The van der Waals surface area contributed by atoms with Gasteiger partial charge in [-0.2, -0.15) is 0 Å². The lowest BCUT2D eigenvalue weighted by Gasteiger charge is -2.08. The molecule has 0 aliphatic rings. The van der Waals surface area contributed by atoms with Gasteiger partial charge in [-0.3, -0.25) is 9.71 Å². The fourth-order valence-corrected chi connectivity index (χ4v) is 2.81. The first kappa shape index (κ1) is 13.5. The first-order valence-corrected chi connectivity index (χ1v) is 7.43. The summed E-state index contributed by atoms with van der Waals surface area (Å²) in [4.78, 5) is 3.86. The summed E-state index contributed by atoms with van der Waals surface area (Å²) in [6.07, 6.45) is 3.05. The number of hydrogen-bond acceptors (Lipinski definition) is 4. The third-order valence-electron chi connectivity index (χ3n) is 2.55. The van der Waals surface area contributed by atoms with Crippen LogP contribution in [0, 0.1) is 0 Å². The summed E-state index contributed by atoms with van der Waals surface area (Å²) >= 11 is 0. The van der Waals surface area contributed by atoms with Crippen LogP contribution in [-0.2, 0) is 22.3 Å². The second-order valence-electron chi connectivity index (χ2n) is 4.12. The van der Waals surface area contributed by atoms with Crippen LogP contribution in [0.1, 0.15) is 11.1 Å². The van der Waals surface area contributed by atoms with Crippen molar-refractivity contribution in [1.82, 2.24) is 4.98 Å². The predicted molar refractivity (Wildman–Crippen MR) is 74.8 cm³/mol. The summed E-state index contributed by atoms with van der Waals surface area (Å²) in [5.74, 6) is -0.0766. The monoisotopic (exact) mass is 277 g/mol. The molecule has 0 radical (unpaired) electrons. The normalized spacial score (nSPS) is 11.2. The van der Waals surface area contributed by atoms with Crippen LogP contribution in [0.4, 0.5) is 5.69 Å². The van der Waals surface area contributed by atoms with Crippen molar-refractivity contribution in [3.8, 4) is 0 Å². The van der Waals surface area contributed by atoms with Gasteiger partial charge in [-0.05, 0) is 23.3 Å². The number of nitrogens with zero attached hydrogens (tertiary/aromatic N) is 1. The van der Waals surface area contributed by atoms with Gasteiger partial charge in [-0.25, -0.2) is 8.42 Å². The van der Waals surface area contributed by atoms with Crippen molar-refractivity contribution in [3.63, 3.8) is 0 Å². The van der Waals surface area contributed by atoms with Crippen LogP contribution < -0.4 is 10.5 Å². The van der Waals surface area contributed by atoms with Crippen LogP contribution in [0.15, 0.2) is 48.8 Å². The second kappa shape index (κ2) is 5.81. The third kappa shape index (κ3) is 4.04. The molecule has 1 heterocycles. The SMILES string of the molecule is NCc1ccc(CS(=O)(=O)Nc2cccnc2)cc1. The molecule has 5 nitrogen and oxygen atoms in total. The fourth-order valence-electron chi connectivity index (χ4n) is 1.63. The molecular formula is C13H15N3O2S. The predicted octanol–water partition coefficient (Wildman–Crippen LogP) is 1.48. The maximum absolute atomic E-state index is 12.0. The van der Waals surface area contributed by atoms with E-state index in [-0.39, 0.29) is 5.75 Å². The lowest BCUT2D eigenvalue weighted by Crippen LogP contribution is -2.15. The average molecular weight is 277 g/mol. The molecule has 2 rings (SSSR count). The Morgan fingerprint density at radius 1 is 1.11 bits per heavy atom. The molecule has 0 bridgehead atoms. The van der Waals surface area contributed by atoms with Gasteiger partial charge in [0.05, 0.1) is 17.6 Å². The first-order chi connectivity index (χ1) is 9.09. The minimum absolute atomic E-state index is 0.0766. The lowest BCUT2D eigenvalue weighted by atomic mass is 10.1. The topological polar surface area (TPSA) is 85.1 Å². The van der Waals surface area contributed by atoms with Crippen LogP contribution in [0.3, 0.4) is 0 Å². The summed E-state index contributed by atoms with van der Waals surface area (Å²) < 4.78 is 26.4. The Morgan fingerprint density at radius 2 is 1.79 bits per heavy atom. The summed E-state index contributed by atoms with van der Waals surface area (Å²) in [6.45, 7) is 0.445. The van der Waals surface area contributed by atoms with Gasteiger partial charge in [-0.1, -0.05) is 24.3 Å². The zero-order valence-corrected chi connectivity index (χ0v) is 11.1. The minimum atomic E-state index is -3.43. The van der Waals surface area contributed by atoms with E-state index in [1.165, 1.54) is 6.20 Å². The van der Waals surface area contributed by atoms with Crippen molar-refractivity contribution in [2.24, 2.45) is 5.73 Å². The fraction of sp³-hybridized carbons (Fsp3) is 0.154. The van der Waals surface area contributed by atoms with Gasteiger partial charge in [0.2, 0.25) is 10.0 Å². The van der Waals surface area contributed by atoms with E-state index in [4.69, 9.17) is 5.73 Å².